The highest BCUT2D eigenvalue weighted by Crippen LogP contribution is 2.28. The van der Waals surface area contributed by atoms with E-state index in [0.717, 1.165) is 34.9 Å². The lowest BCUT2D eigenvalue weighted by atomic mass is 9.84. The van der Waals surface area contributed by atoms with Crippen molar-refractivity contribution in [1.82, 2.24) is 4.98 Å². The van der Waals surface area contributed by atoms with Gasteiger partial charge in [-0.05, 0) is 50.4 Å². The van der Waals surface area contributed by atoms with Crippen LogP contribution < -0.4 is 16.2 Å². The zero-order chi connectivity index (χ0) is 23.7. The predicted octanol–water partition coefficient (Wildman–Crippen LogP) is 6.04. The molecule has 2 aromatic rings. The van der Waals surface area contributed by atoms with Gasteiger partial charge >= 0.3 is 0 Å². The number of aromatic nitrogens is 1. The minimum absolute atomic E-state index is 0.0616. The number of methoxy groups -OCH3 is 1. The Morgan fingerprint density at radius 2 is 1.80 bits per heavy atom. The molecule has 0 amide bonds. The summed E-state index contributed by atoms with van der Waals surface area (Å²) in [4.78, 5) is 4.56. The molecule has 0 aliphatic rings. The van der Waals surface area contributed by atoms with Gasteiger partial charge < -0.3 is 16.2 Å². The van der Waals surface area contributed by atoms with Crippen LogP contribution in [0.15, 0.2) is 29.7 Å². The molecule has 0 spiro atoms. The molecule has 30 heavy (non-hydrogen) atoms. The fourth-order valence-electron chi connectivity index (χ4n) is 2.59. The van der Waals surface area contributed by atoms with Gasteiger partial charge in [0.25, 0.3) is 0 Å². The maximum absolute atomic E-state index is 7.57. The molecule has 2 rings (SSSR count). The molecule has 1 heterocycles. The maximum Gasteiger partial charge on any atom is 0.126 e. The summed E-state index contributed by atoms with van der Waals surface area (Å²) < 4.78 is 5.39. The first-order valence-electron chi connectivity index (χ1n) is 10.5. The number of thiazole rings is 1. The molecule has 6 heteroatoms. The van der Waals surface area contributed by atoms with E-state index in [9.17, 15) is 0 Å². The minimum atomic E-state index is 0.0616. The fourth-order valence-corrected chi connectivity index (χ4v) is 3.20. The highest BCUT2D eigenvalue weighted by molar-refractivity contribution is 7.09. The maximum atomic E-state index is 7.57. The quantitative estimate of drug-likeness (QED) is 0.365. The van der Waals surface area contributed by atoms with Crippen molar-refractivity contribution in [2.75, 3.05) is 14.2 Å². The van der Waals surface area contributed by atoms with Crippen LogP contribution in [0.1, 0.15) is 69.8 Å². The van der Waals surface area contributed by atoms with Crippen LogP contribution in [0.3, 0.4) is 0 Å². The zero-order valence-corrected chi connectivity index (χ0v) is 21.1. The Hall–Kier alpha value is -2.18. The number of nitrogen functional groups attached to an aromatic ring is 1. The molecule has 0 saturated heterocycles. The van der Waals surface area contributed by atoms with E-state index in [4.69, 9.17) is 15.9 Å². The second kappa shape index (κ2) is 16.6. The van der Waals surface area contributed by atoms with Gasteiger partial charge in [0.1, 0.15) is 11.6 Å². The number of nitrogens with two attached hydrogens (primary N) is 2. The van der Waals surface area contributed by atoms with Gasteiger partial charge in [0.15, 0.2) is 0 Å². The smallest absolute Gasteiger partial charge is 0.126 e. The largest absolute Gasteiger partial charge is 0.496 e. The van der Waals surface area contributed by atoms with E-state index < -0.39 is 0 Å². The molecule has 0 bridgehead atoms. The van der Waals surface area contributed by atoms with Gasteiger partial charge in [-0.1, -0.05) is 53.7 Å². The Morgan fingerprint density at radius 1 is 1.20 bits per heavy atom. The van der Waals surface area contributed by atoms with Crippen LogP contribution >= 0.6 is 11.3 Å². The standard InChI is InChI=1S/C19H25N3OS.2C2H6.CH5N/c1-13-22-16(12-24-13)11-19(2,3)9-5-6-14-10-15(18(20)21)7-8-17(14)23-4;3*1-2/h5-8,10,12H,9,11H2,1-4H3,(H3,20,21);2*1-2H3;2H2,1H3/b6-5+;;;. The highest BCUT2D eigenvalue weighted by Gasteiger charge is 2.18. The molecule has 0 fully saturated rings. The summed E-state index contributed by atoms with van der Waals surface area (Å²) in [5.41, 5.74) is 13.0. The number of hydrogen-bond acceptors (Lipinski definition) is 5. The SMILES string of the molecule is CC.CC.CN.COc1ccc(C(=N)N)cc1/C=C/CC(C)(C)Cc1csc(C)n1. The van der Waals surface area contributed by atoms with Crippen LogP contribution in [-0.4, -0.2) is 25.0 Å². The van der Waals surface area contributed by atoms with Crippen molar-refractivity contribution in [3.8, 4) is 5.75 Å². The highest BCUT2D eigenvalue weighted by atomic mass is 32.1. The second-order valence-electron chi connectivity index (χ2n) is 6.68. The number of allylic oxidation sites excluding steroid dienone is 1. The minimum Gasteiger partial charge on any atom is -0.496 e. The van der Waals surface area contributed by atoms with Gasteiger partial charge in [0.05, 0.1) is 17.8 Å². The number of benzene rings is 1. The molecule has 0 aliphatic heterocycles. The van der Waals surface area contributed by atoms with E-state index in [0.29, 0.717) is 5.56 Å². The molecule has 0 radical (unpaired) electrons. The third-order valence-corrected chi connectivity index (χ3v) is 4.66. The molecule has 170 valence electrons. The summed E-state index contributed by atoms with van der Waals surface area (Å²) in [6.07, 6.45) is 6.07. The number of hydrogen-bond donors (Lipinski definition) is 3. The predicted molar refractivity (Wildman–Crippen MR) is 135 cm³/mol. The average Bonchev–Trinajstić information content (AvgIpc) is 3.15. The molecule has 0 atom stereocenters. The van der Waals surface area contributed by atoms with E-state index in [1.807, 2.05) is 52.8 Å². The Bertz CT molecular complexity index is 751. The van der Waals surface area contributed by atoms with Gasteiger partial charge in [0.2, 0.25) is 0 Å². The van der Waals surface area contributed by atoms with Crippen molar-refractivity contribution in [2.45, 2.75) is 61.3 Å². The zero-order valence-electron chi connectivity index (χ0n) is 20.3. The van der Waals surface area contributed by atoms with Crippen LogP contribution in [0.2, 0.25) is 0 Å². The van der Waals surface area contributed by atoms with Crippen molar-refractivity contribution in [3.63, 3.8) is 0 Å². The Balaban J connectivity index is 0. The van der Waals surface area contributed by atoms with Crippen molar-refractivity contribution in [2.24, 2.45) is 16.9 Å². The van der Waals surface area contributed by atoms with E-state index >= 15 is 0 Å². The molecule has 1 aromatic heterocycles. The summed E-state index contributed by atoms with van der Waals surface area (Å²) in [5, 5.41) is 10.8. The Morgan fingerprint density at radius 3 is 2.27 bits per heavy atom. The lowest BCUT2D eigenvalue weighted by Crippen LogP contribution is -2.14. The number of ether oxygens (including phenoxy) is 1. The summed E-state index contributed by atoms with van der Waals surface area (Å²) in [6, 6.07) is 5.53. The topological polar surface area (TPSA) is 98.0 Å². The Kier molecular flexibility index (Phi) is 16.6. The van der Waals surface area contributed by atoms with Crippen molar-refractivity contribution >= 4 is 23.2 Å². The number of rotatable bonds is 7. The molecular weight excluding hydrogens is 392 g/mol. The lowest BCUT2D eigenvalue weighted by molar-refractivity contribution is 0.366. The van der Waals surface area contributed by atoms with E-state index in [2.05, 4.69) is 36.0 Å². The van der Waals surface area contributed by atoms with Gasteiger partial charge in [-0.25, -0.2) is 4.98 Å². The third-order valence-electron chi connectivity index (χ3n) is 3.83. The second-order valence-corrected chi connectivity index (χ2v) is 7.74. The van der Waals surface area contributed by atoms with Gasteiger partial charge in [0, 0.05) is 16.5 Å². The molecule has 5 N–H and O–H groups in total. The molecule has 0 aliphatic carbocycles. The summed E-state index contributed by atoms with van der Waals surface area (Å²) in [5.74, 6) is 0.843. The lowest BCUT2D eigenvalue weighted by Gasteiger charge is -2.21. The van der Waals surface area contributed by atoms with Gasteiger partial charge in [-0.2, -0.15) is 0 Å². The van der Waals surface area contributed by atoms with Crippen LogP contribution in [0.25, 0.3) is 6.08 Å². The monoisotopic (exact) mass is 434 g/mol. The molecule has 0 unspecified atom stereocenters. The summed E-state index contributed by atoms with van der Waals surface area (Å²) in [6.45, 7) is 14.5. The fraction of sp³-hybridized carbons (Fsp3) is 0.500. The number of nitrogens with zero attached hydrogens (tertiary/aromatic N) is 1. The van der Waals surface area contributed by atoms with Crippen LogP contribution in [0, 0.1) is 17.7 Å². The summed E-state index contributed by atoms with van der Waals surface area (Å²) in [7, 11) is 3.15. The van der Waals surface area contributed by atoms with E-state index in [1.54, 1.807) is 24.5 Å². The van der Waals surface area contributed by atoms with E-state index in [-0.39, 0.29) is 11.3 Å². The first kappa shape index (κ1) is 30.0. The molecule has 0 saturated carbocycles. The van der Waals surface area contributed by atoms with Crippen molar-refractivity contribution in [1.29, 1.82) is 5.41 Å². The molecule has 5 nitrogen and oxygen atoms in total. The van der Waals surface area contributed by atoms with Crippen LogP contribution in [-0.2, 0) is 6.42 Å². The number of amidine groups is 1. The number of aryl methyl sites for hydroxylation is 1. The van der Waals surface area contributed by atoms with Crippen molar-refractivity contribution in [3.05, 3.63) is 51.5 Å². The average molecular weight is 435 g/mol. The molecular formula is C24H42N4OS. The normalized spacial score (nSPS) is 10.1. The summed E-state index contributed by atoms with van der Waals surface area (Å²) >= 11 is 1.70. The van der Waals surface area contributed by atoms with Crippen LogP contribution in [0.5, 0.6) is 5.75 Å². The van der Waals surface area contributed by atoms with Gasteiger partial charge in [-0.3, -0.25) is 5.41 Å². The first-order chi connectivity index (χ1) is 14.3. The first-order valence-corrected chi connectivity index (χ1v) is 11.4. The number of nitrogens with one attached hydrogen (secondary N) is 1. The molecule has 1 aromatic carbocycles. The third kappa shape index (κ3) is 11.1. The van der Waals surface area contributed by atoms with Crippen molar-refractivity contribution < 1.29 is 4.74 Å². The van der Waals surface area contributed by atoms with Gasteiger partial charge in [-0.15, -0.1) is 11.3 Å². The van der Waals surface area contributed by atoms with Crippen LogP contribution in [0.4, 0.5) is 0 Å². The Labute approximate surface area is 188 Å². The van der Waals surface area contributed by atoms with E-state index in [1.165, 1.54) is 7.05 Å².